The molecule has 612 valence electrons. The van der Waals surface area contributed by atoms with Gasteiger partial charge < -0.3 is 29.3 Å². The summed E-state index contributed by atoms with van der Waals surface area (Å²) < 4.78 is 38.4. The van der Waals surface area contributed by atoms with Crippen molar-refractivity contribution in [3.05, 3.63) is 12.3 Å². The molecule has 0 saturated heterocycles. The van der Waals surface area contributed by atoms with Crippen molar-refractivity contribution in [2.24, 2.45) is 0 Å². The van der Waals surface area contributed by atoms with E-state index in [0.717, 1.165) is 51.2 Å². The number of hydrogen-bond donors (Lipinski definition) is 2. The van der Waals surface area contributed by atoms with Gasteiger partial charge in [-0.15, -0.1) is 0 Å². The molecular formula is C47H90NO54P. The van der Waals surface area contributed by atoms with E-state index in [4.69, 9.17) is 23.3 Å². The summed E-state index contributed by atoms with van der Waals surface area (Å²) in [7, 11) is -4.76. The predicted octanol–water partition coefficient (Wildman–Crippen LogP) is 10.4. The van der Waals surface area contributed by atoms with Gasteiger partial charge in [0.25, 0.3) is 0 Å². The van der Waals surface area contributed by atoms with E-state index in [-0.39, 0.29) is 19.4 Å². The minimum Gasteiger partial charge on any atom is -0.462 e. The third-order valence-corrected chi connectivity index (χ3v) is 12.5. The number of unbranched alkanes of at least 4 members (excludes halogenated alkanes) is 28. The lowest BCUT2D eigenvalue weighted by atomic mass is 10.0. The first-order valence-electron chi connectivity index (χ1n) is 31.5. The van der Waals surface area contributed by atoms with E-state index in [2.05, 4.69) is 241 Å². The Balaban J connectivity index is 3.90. The first-order valence-corrected chi connectivity index (χ1v) is 33.0. The SMILES string of the molecule is C/C=C\OOOOOOOOOOOOOOOOOOOOOOOOOOOOOOOOOOOOOOOOOOOOCCOC(=O)NCCOP(=O)(O)OC[C@@H](COC(=O)CCCCCCCCCCCCCCCCC)OC(=O)CCCCCCCCCCCCCCCCC. The van der Waals surface area contributed by atoms with Crippen molar-refractivity contribution in [2.45, 2.75) is 232 Å². The number of phosphoric acid groups is 1. The van der Waals surface area contributed by atoms with Crippen LogP contribution in [0.2, 0.25) is 0 Å². The molecule has 0 aromatic rings. The highest BCUT2D eigenvalue weighted by atomic mass is 31.2. The van der Waals surface area contributed by atoms with E-state index < -0.39 is 65.0 Å². The van der Waals surface area contributed by atoms with Gasteiger partial charge in [-0.1, -0.05) is 194 Å². The Bertz CT molecular complexity index is 1820. The van der Waals surface area contributed by atoms with Crippen LogP contribution in [0.5, 0.6) is 0 Å². The van der Waals surface area contributed by atoms with Crippen molar-refractivity contribution in [3.63, 3.8) is 0 Å². The highest BCUT2D eigenvalue weighted by molar-refractivity contribution is 7.47. The lowest BCUT2D eigenvalue weighted by Crippen LogP contribution is -2.30. The molecule has 103 heavy (non-hydrogen) atoms. The molecule has 0 bridgehead atoms. The summed E-state index contributed by atoms with van der Waals surface area (Å²) in [5.74, 6) is -1.06. The van der Waals surface area contributed by atoms with Gasteiger partial charge in [0.2, 0.25) is 0 Å². The van der Waals surface area contributed by atoms with Crippen molar-refractivity contribution in [1.29, 1.82) is 0 Å². The monoisotopic (exact) mass is 1560 g/mol. The van der Waals surface area contributed by atoms with Crippen molar-refractivity contribution in [1.82, 2.24) is 5.32 Å². The molecule has 0 aromatic carbocycles. The Morgan fingerprint density at radius 3 is 0.922 bits per heavy atom. The third-order valence-electron chi connectivity index (χ3n) is 11.6. The summed E-state index contributed by atoms with van der Waals surface area (Å²) in [5, 5.41) is 154. The van der Waals surface area contributed by atoms with Crippen LogP contribution >= 0.6 is 7.82 Å². The van der Waals surface area contributed by atoms with E-state index in [0.29, 0.717) is 12.8 Å². The number of rotatable bonds is 89. The second-order valence-corrected chi connectivity index (χ2v) is 20.6. The molecule has 2 N–H and O–H groups in total. The van der Waals surface area contributed by atoms with E-state index in [1.54, 1.807) is 6.92 Å². The van der Waals surface area contributed by atoms with Gasteiger partial charge in [-0.2, -0.15) is 0 Å². The van der Waals surface area contributed by atoms with Crippen LogP contribution in [0.3, 0.4) is 0 Å². The molecule has 55 nitrogen and oxygen atoms in total. The molecule has 1 unspecified atom stereocenters. The molecule has 0 rings (SSSR count). The maximum atomic E-state index is 12.9. The van der Waals surface area contributed by atoms with Crippen LogP contribution in [0.25, 0.3) is 0 Å². The Morgan fingerprint density at radius 2 is 0.612 bits per heavy atom. The Kier molecular flexibility index (Phi) is 82.2. The normalized spacial score (nSPS) is 12.5. The molecule has 2 atom stereocenters. The second kappa shape index (κ2) is 85.4. The number of carbonyl (C=O) groups excluding carboxylic acids is 3. The molecule has 1 amide bonds. The zero-order valence-electron chi connectivity index (χ0n) is 56.1. The molecule has 0 spiro atoms. The minimum absolute atomic E-state index is 0.109. The lowest BCUT2D eigenvalue weighted by molar-refractivity contribution is -0.909. The first kappa shape index (κ1) is 99.1. The largest absolute Gasteiger partial charge is 0.472 e. The first-order chi connectivity index (χ1) is 50.7. The molecule has 0 aliphatic rings. The smallest absolute Gasteiger partial charge is 0.462 e. The molecule has 0 aromatic heterocycles. The summed E-state index contributed by atoms with van der Waals surface area (Å²) in [6.07, 6.45) is 35.9. The molecule has 0 fully saturated rings. The quantitative estimate of drug-likeness (QED) is 0.0109. The van der Waals surface area contributed by atoms with Crippen LogP contribution in [0.1, 0.15) is 226 Å². The van der Waals surface area contributed by atoms with Gasteiger partial charge in [-0.05, 0) is 66.1 Å². The molecular weight excluding hydrogens is 1470 g/mol. The number of allylic oxidation sites excluding steroid dienone is 1. The maximum absolute atomic E-state index is 12.9. The fraction of sp³-hybridized carbons (Fsp3) is 0.894. The lowest BCUT2D eigenvalue weighted by Gasteiger charge is -2.20. The second-order valence-electron chi connectivity index (χ2n) is 19.1. The predicted molar refractivity (Wildman–Crippen MR) is 288 cm³/mol. The number of amides is 1. The van der Waals surface area contributed by atoms with Gasteiger partial charge in [0.05, 0.1) is 13.2 Å². The Morgan fingerprint density at radius 1 is 0.330 bits per heavy atom. The van der Waals surface area contributed by atoms with E-state index in [1.807, 2.05) is 0 Å². The van der Waals surface area contributed by atoms with E-state index >= 15 is 0 Å². The molecule has 0 aliphatic heterocycles. The van der Waals surface area contributed by atoms with Gasteiger partial charge in [-0.3, -0.25) is 18.6 Å². The molecule has 0 saturated carbocycles. The Labute approximate surface area is 583 Å². The van der Waals surface area contributed by atoms with Gasteiger partial charge >= 0.3 is 25.9 Å². The molecule has 0 aliphatic carbocycles. The van der Waals surface area contributed by atoms with Crippen LogP contribution in [-0.4, -0.2) is 68.6 Å². The summed E-state index contributed by atoms with van der Waals surface area (Å²) in [4.78, 5) is 56.4. The van der Waals surface area contributed by atoms with Gasteiger partial charge in [-0.25, -0.2) is 14.2 Å². The van der Waals surface area contributed by atoms with Crippen LogP contribution in [0, 0.1) is 0 Å². The number of alkyl carbamates (subject to hydrolysis) is 1. The van der Waals surface area contributed by atoms with Crippen molar-refractivity contribution in [2.75, 3.05) is 39.6 Å². The number of nitrogens with one attached hydrogen (secondary N) is 1. The standard InChI is InChI=1S/C47H90NO54P/c1-4-7-9-11-13-15-17-19-21-23-25-27-29-31-33-35-45(49)55-42-44(60-46(50)36-34-32-30-28-26-24-22-20-18-16-14-12-10-8-5-2)43-59-103(52,53)58-39-37-48-47(51)54-40-41-57-62-64-66-68-70-72-74-76-78-80-82-84-86-88-90-92-94-96-98-100-102-101-99-97-95-93-91-89-87-85-83-81-79-77-75-73-71-69-67-65-63-61-56-38-6-3/h6,38,44H,4-5,7-37,39-43H2,1-3H3,(H,48,51)(H,52,53)/b38-6-/t44-/m1/s1. The van der Waals surface area contributed by atoms with Crippen LogP contribution < -0.4 is 5.32 Å². The fourth-order valence-electron chi connectivity index (χ4n) is 7.25. The zero-order valence-corrected chi connectivity index (χ0v) is 57.0. The van der Waals surface area contributed by atoms with Crippen molar-refractivity contribution < 1.29 is 268 Å². The summed E-state index contributed by atoms with van der Waals surface area (Å²) >= 11 is 0. The number of phosphoric ester groups is 1. The number of hydrogen-bond acceptors (Lipinski definition) is 53. The summed E-state index contributed by atoms with van der Waals surface area (Å²) in [6, 6.07) is 0. The zero-order chi connectivity index (χ0) is 74.4. The molecule has 0 heterocycles. The van der Waals surface area contributed by atoms with Crippen molar-refractivity contribution in [3.8, 4) is 0 Å². The van der Waals surface area contributed by atoms with Gasteiger partial charge in [0.15, 0.2) is 6.10 Å². The van der Waals surface area contributed by atoms with Crippen LogP contribution in [0.15, 0.2) is 12.3 Å². The number of esters is 2. The van der Waals surface area contributed by atoms with Gasteiger partial charge in [0, 0.05) is 191 Å². The van der Waals surface area contributed by atoms with E-state index in [1.165, 1.54) is 141 Å². The summed E-state index contributed by atoms with van der Waals surface area (Å²) in [6.45, 7) is 3.31. The summed E-state index contributed by atoms with van der Waals surface area (Å²) in [5.41, 5.74) is 0. The third kappa shape index (κ3) is 85.3. The minimum atomic E-state index is -4.76. The van der Waals surface area contributed by atoms with Crippen molar-refractivity contribution >= 4 is 25.9 Å². The van der Waals surface area contributed by atoms with Crippen LogP contribution in [0.4, 0.5) is 4.79 Å². The highest BCUT2D eigenvalue weighted by Gasteiger charge is 2.26. The maximum Gasteiger partial charge on any atom is 0.472 e. The highest BCUT2D eigenvalue weighted by Crippen LogP contribution is 2.43. The average molecular weight is 1560 g/mol. The number of ether oxygens (including phenoxy) is 3. The molecule has 56 heteroatoms. The van der Waals surface area contributed by atoms with E-state index in [9.17, 15) is 23.8 Å². The number of carbonyl (C=O) groups is 3. The fourth-order valence-corrected chi connectivity index (χ4v) is 8.00. The average Bonchev–Trinajstić information content (AvgIpc) is 1.04. The molecule has 0 radical (unpaired) electrons. The Hall–Kier alpha value is -3.86. The van der Waals surface area contributed by atoms with Gasteiger partial charge in [0.1, 0.15) is 26.1 Å². The topological polar surface area (TPSA) is 553 Å². The van der Waals surface area contributed by atoms with Crippen LogP contribution in [-0.2, 0) is 259 Å².